The van der Waals surface area contributed by atoms with Crippen molar-refractivity contribution < 1.29 is 14.3 Å². The largest absolute Gasteiger partial charge is 0.457 e. The lowest BCUT2D eigenvalue weighted by molar-refractivity contribution is 0.162. The van der Waals surface area contributed by atoms with Gasteiger partial charge in [-0.25, -0.2) is 4.79 Å². The molecule has 0 aromatic heterocycles. The summed E-state index contributed by atoms with van der Waals surface area (Å²) in [4.78, 5) is 13.6. The van der Waals surface area contributed by atoms with Gasteiger partial charge in [0.2, 0.25) is 0 Å². The molecule has 1 heterocycles. The fraction of sp³-hybridized carbons (Fsp3) is 0.235. The van der Waals surface area contributed by atoms with E-state index in [0.717, 1.165) is 12.2 Å². The van der Waals surface area contributed by atoms with Crippen molar-refractivity contribution in [1.82, 2.24) is 4.90 Å². The second-order valence-corrected chi connectivity index (χ2v) is 5.25. The Morgan fingerprint density at radius 1 is 1.00 bits per heavy atom. The standard InChI is InChI=1S/C17H18N2O3/c18-13-10-11-19(12-13)17(20)22-16-8-6-15(7-9-16)21-14-4-2-1-3-5-14/h1-9,13H,10-12,18H2/t13-/m1/s1. The average Bonchev–Trinajstić information content (AvgIpc) is 2.97. The minimum absolute atomic E-state index is 0.0502. The number of nitrogens with zero attached hydrogens (tertiary/aromatic N) is 1. The Labute approximate surface area is 129 Å². The summed E-state index contributed by atoms with van der Waals surface area (Å²) in [6, 6.07) is 16.5. The number of hydrogen-bond donors (Lipinski definition) is 1. The second-order valence-electron chi connectivity index (χ2n) is 5.25. The molecule has 1 saturated heterocycles. The molecule has 0 bridgehead atoms. The summed E-state index contributed by atoms with van der Waals surface area (Å²) in [5.74, 6) is 1.94. The Morgan fingerprint density at radius 3 is 2.27 bits per heavy atom. The Hall–Kier alpha value is -2.53. The smallest absolute Gasteiger partial charge is 0.415 e. The van der Waals surface area contributed by atoms with E-state index in [9.17, 15) is 4.79 Å². The van der Waals surface area contributed by atoms with Crippen molar-refractivity contribution in [2.24, 2.45) is 5.73 Å². The van der Waals surface area contributed by atoms with E-state index >= 15 is 0 Å². The minimum Gasteiger partial charge on any atom is -0.457 e. The van der Waals surface area contributed by atoms with Gasteiger partial charge in [0, 0.05) is 19.1 Å². The van der Waals surface area contributed by atoms with Crippen LogP contribution in [0.25, 0.3) is 0 Å². The summed E-state index contributed by atoms with van der Waals surface area (Å²) in [5, 5.41) is 0. The van der Waals surface area contributed by atoms with Gasteiger partial charge in [0.25, 0.3) is 0 Å². The zero-order chi connectivity index (χ0) is 15.4. The van der Waals surface area contributed by atoms with E-state index in [1.54, 1.807) is 29.2 Å². The summed E-state index contributed by atoms with van der Waals surface area (Å²) in [5.41, 5.74) is 5.78. The van der Waals surface area contributed by atoms with Crippen LogP contribution in [0.5, 0.6) is 17.2 Å². The number of rotatable bonds is 3. The summed E-state index contributed by atoms with van der Waals surface area (Å²) in [6.07, 6.45) is 0.462. The average molecular weight is 298 g/mol. The molecule has 1 amide bonds. The lowest BCUT2D eigenvalue weighted by Gasteiger charge is -2.15. The van der Waals surface area contributed by atoms with Gasteiger partial charge in [0.15, 0.2) is 0 Å². The molecule has 0 saturated carbocycles. The van der Waals surface area contributed by atoms with Crippen LogP contribution in [0.4, 0.5) is 4.79 Å². The van der Waals surface area contributed by atoms with Gasteiger partial charge in [-0.3, -0.25) is 0 Å². The number of para-hydroxylation sites is 1. The normalized spacial score (nSPS) is 17.3. The molecule has 0 spiro atoms. The van der Waals surface area contributed by atoms with Crippen molar-refractivity contribution in [2.45, 2.75) is 12.5 Å². The topological polar surface area (TPSA) is 64.8 Å². The van der Waals surface area contributed by atoms with Gasteiger partial charge in [-0.2, -0.15) is 0 Å². The van der Waals surface area contributed by atoms with Gasteiger partial charge in [-0.15, -0.1) is 0 Å². The summed E-state index contributed by atoms with van der Waals surface area (Å²) in [7, 11) is 0. The highest BCUT2D eigenvalue weighted by Crippen LogP contribution is 2.24. The van der Waals surface area contributed by atoms with Crippen LogP contribution in [0.15, 0.2) is 54.6 Å². The van der Waals surface area contributed by atoms with Gasteiger partial charge in [0.1, 0.15) is 17.2 Å². The first-order valence-electron chi connectivity index (χ1n) is 7.26. The molecular weight excluding hydrogens is 280 g/mol. The van der Waals surface area contributed by atoms with Crippen molar-refractivity contribution in [2.75, 3.05) is 13.1 Å². The van der Waals surface area contributed by atoms with E-state index in [2.05, 4.69) is 0 Å². The van der Waals surface area contributed by atoms with E-state index < -0.39 is 0 Å². The number of carbonyl (C=O) groups is 1. The summed E-state index contributed by atoms with van der Waals surface area (Å²) < 4.78 is 11.0. The second kappa shape index (κ2) is 6.49. The van der Waals surface area contributed by atoms with Crippen LogP contribution in [0.1, 0.15) is 6.42 Å². The van der Waals surface area contributed by atoms with Crippen LogP contribution in [0.3, 0.4) is 0 Å². The fourth-order valence-electron chi connectivity index (χ4n) is 2.32. The molecule has 1 atom stereocenters. The minimum atomic E-state index is -0.357. The fourth-order valence-corrected chi connectivity index (χ4v) is 2.32. The van der Waals surface area contributed by atoms with Crippen molar-refractivity contribution in [3.8, 4) is 17.2 Å². The van der Waals surface area contributed by atoms with Gasteiger partial charge < -0.3 is 20.1 Å². The van der Waals surface area contributed by atoms with E-state index in [1.165, 1.54) is 0 Å². The highest BCUT2D eigenvalue weighted by atomic mass is 16.6. The lowest BCUT2D eigenvalue weighted by Crippen LogP contribution is -2.33. The molecule has 1 fully saturated rings. The molecule has 0 aliphatic carbocycles. The molecule has 2 aromatic rings. The van der Waals surface area contributed by atoms with E-state index in [4.69, 9.17) is 15.2 Å². The maximum Gasteiger partial charge on any atom is 0.415 e. The first-order valence-corrected chi connectivity index (χ1v) is 7.26. The molecular formula is C17H18N2O3. The Kier molecular flexibility index (Phi) is 4.25. The van der Waals surface area contributed by atoms with Gasteiger partial charge in [-0.1, -0.05) is 18.2 Å². The van der Waals surface area contributed by atoms with Gasteiger partial charge >= 0.3 is 6.09 Å². The number of hydrogen-bond acceptors (Lipinski definition) is 4. The maximum atomic E-state index is 12.0. The molecule has 22 heavy (non-hydrogen) atoms. The summed E-state index contributed by atoms with van der Waals surface area (Å²) >= 11 is 0. The number of nitrogens with two attached hydrogens (primary N) is 1. The molecule has 0 radical (unpaired) electrons. The third-order valence-corrected chi connectivity index (χ3v) is 3.49. The molecule has 2 N–H and O–H groups in total. The van der Waals surface area contributed by atoms with Crippen LogP contribution in [0.2, 0.25) is 0 Å². The van der Waals surface area contributed by atoms with Crippen molar-refractivity contribution >= 4 is 6.09 Å². The molecule has 2 aromatic carbocycles. The SMILES string of the molecule is N[C@@H]1CCN(C(=O)Oc2ccc(Oc3ccccc3)cc2)C1. The summed E-state index contributed by atoms with van der Waals surface area (Å²) in [6.45, 7) is 1.20. The first kappa shape index (κ1) is 14.4. The zero-order valence-corrected chi connectivity index (χ0v) is 12.1. The quantitative estimate of drug-likeness (QED) is 0.946. The Bertz CT molecular complexity index is 628. The van der Waals surface area contributed by atoms with Crippen LogP contribution in [-0.4, -0.2) is 30.1 Å². The lowest BCUT2D eigenvalue weighted by atomic mass is 10.3. The molecule has 0 unspecified atom stereocenters. The van der Waals surface area contributed by atoms with Crippen LogP contribution in [0, 0.1) is 0 Å². The number of ether oxygens (including phenoxy) is 2. The Morgan fingerprint density at radius 2 is 1.64 bits per heavy atom. The third-order valence-electron chi connectivity index (χ3n) is 3.49. The number of amides is 1. The van der Waals surface area contributed by atoms with Crippen LogP contribution in [-0.2, 0) is 0 Å². The molecule has 5 nitrogen and oxygen atoms in total. The van der Waals surface area contributed by atoms with Crippen molar-refractivity contribution in [3.05, 3.63) is 54.6 Å². The molecule has 114 valence electrons. The predicted molar refractivity (Wildman–Crippen MR) is 83.1 cm³/mol. The highest BCUT2D eigenvalue weighted by Gasteiger charge is 2.25. The van der Waals surface area contributed by atoms with E-state index in [1.807, 2.05) is 30.3 Å². The van der Waals surface area contributed by atoms with Crippen LogP contribution >= 0.6 is 0 Å². The van der Waals surface area contributed by atoms with Crippen molar-refractivity contribution in [3.63, 3.8) is 0 Å². The third kappa shape index (κ3) is 3.56. The van der Waals surface area contributed by atoms with Gasteiger partial charge in [-0.05, 0) is 42.8 Å². The molecule has 1 aliphatic rings. The number of likely N-dealkylation sites (tertiary alicyclic amines) is 1. The van der Waals surface area contributed by atoms with Crippen molar-refractivity contribution in [1.29, 1.82) is 0 Å². The van der Waals surface area contributed by atoms with Gasteiger partial charge in [0.05, 0.1) is 0 Å². The maximum absolute atomic E-state index is 12.0. The number of benzene rings is 2. The molecule has 5 heteroatoms. The Balaban J connectivity index is 1.58. The van der Waals surface area contributed by atoms with E-state index in [0.29, 0.717) is 24.6 Å². The zero-order valence-electron chi connectivity index (χ0n) is 12.1. The number of carbonyl (C=O) groups excluding carboxylic acids is 1. The monoisotopic (exact) mass is 298 g/mol. The van der Waals surface area contributed by atoms with Crippen LogP contribution < -0.4 is 15.2 Å². The molecule has 3 rings (SSSR count). The molecule has 1 aliphatic heterocycles. The highest BCUT2D eigenvalue weighted by molar-refractivity contribution is 5.71. The van der Waals surface area contributed by atoms with E-state index in [-0.39, 0.29) is 12.1 Å². The predicted octanol–water partition coefficient (Wildman–Crippen LogP) is 3.01. The first-order chi connectivity index (χ1) is 10.7.